The highest BCUT2D eigenvalue weighted by molar-refractivity contribution is 7.90. The maximum atomic E-state index is 13.2. The third-order valence-corrected chi connectivity index (χ3v) is 8.34. The Morgan fingerprint density at radius 1 is 1.06 bits per heavy atom. The average Bonchev–Trinajstić information content (AvgIpc) is 3.27. The number of aryl methyl sites for hydroxylation is 3. The van der Waals surface area contributed by atoms with Gasteiger partial charge in [0, 0.05) is 30.5 Å². The number of imidazole rings is 1. The Morgan fingerprint density at radius 3 is 2.32 bits per heavy atom. The molecule has 1 unspecified atom stereocenters. The van der Waals surface area contributed by atoms with E-state index in [1.165, 1.54) is 12.3 Å². The molecular weight excluding hydrogens is 434 g/mol. The Balaban J connectivity index is 2.12. The van der Waals surface area contributed by atoms with Crippen LogP contribution in [-0.2, 0) is 27.7 Å². The van der Waals surface area contributed by atoms with Gasteiger partial charge in [-0.05, 0) is 49.9 Å². The number of sulfone groups is 1. The summed E-state index contributed by atoms with van der Waals surface area (Å²) in [7, 11) is -2.94. The van der Waals surface area contributed by atoms with Crippen molar-refractivity contribution in [2.75, 3.05) is 12.0 Å². The zero-order valence-electron chi connectivity index (χ0n) is 18.6. The number of pyridine rings is 1. The second-order valence-electron chi connectivity index (χ2n) is 7.83. The van der Waals surface area contributed by atoms with Gasteiger partial charge in [-0.1, -0.05) is 6.92 Å². The molecule has 0 bridgehead atoms. The predicted molar refractivity (Wildman–Crippen MR) is 122 cm³/mol. The zero-order valence-corrected chi connectivity index (χ0v) is 20.3. The van der Waals surface area contributed by atoms with E-state index in [0.29, 0.717) is 27.8 Å². The van der Waals surface area contributed by atoms with E-state index in [9.17, 15) is 12.6 Å². The monoisotopic (exact) mass is 459 g/mol. The summed E-state index contributed by atoms with van der Waals surface area (Å²) < 4.78 is 40.5. The van der Waals surface area contributed by atoms with Gasteiger partial charge < -0.3 is 4.57 Å². The first-order valence-electron chi connectivity index (χ1n) is 9.87. The Morgan fingerprint density at radius 2 is 1.71 bits per heavy atom. The van der Waals surface area contributed by atoms with Gasteiger partial charge in [-0.3, -0.25) is 4.21 Å². The fourth-order valence-electron chi connectivity index (χ4n) is 3.86. The van der Waals surface area contributed by atoms with Crippen LogP contribution in [0.15, 0.2) is 22.3 Å². The first kappa shape index (κ1) is 21.6. The molecule has 0 aliphatic carbocycles. The lowest BCUT2D eigenvalue weighted by molar-refractivity contribution is 0.598. The molecule has 8 nitrogen and oxygen atoms in total. The van der Waals surface area contributed by atoms with Crippen molar-refractivity contribution in [2.45, 2.75) is 44.7 Å². The number of rotatable bonds is 4. The lowest BCUT2D eigenvalue weighted by Gasteiger charge is -2.11. The van der Waals surface area contributed by atoms with Crippen LogP contribution in [0.1, 0.15) is 29.2 Å². The normalized spacial score (nSPS) is 13.4. The van der Waals surface area contributed by atoms with Crippen LogP contribution in [0.2, 0.25) is 0 Å². The fourth-order valence-corrected chi connectivity index (χ4v) is 5.50. The highest BCUT2D eigenvalue weighted by atomic mass is 32.2. The van der Waals surface area contributed by atoms with Crippen LogP contribution in [0, 0.1) is 27.7 Å². The summed E-state index contributed by atoms with van der Waals surface area (Å²) in [6, 6.07) is 1.46. The summed E-state index contributed by atoms with van der Waals surface area (Å²) in [4.78, 5) is 8.73. The van der Waals surface area contributed by atoms with Crippen LogP contribution < -0.4 is 0 Å². The van der Waals surface area contributed by atoms with E-state index in [0.717, 1.165) is 39.4 Å². The van der Waals surface area contributed by atoms with Gasteiger partial charge in [0.15, 0.2) is 14.9 Å². The van der Waals surface area contributed by atoms with Crippen LogP contribution in [0.3, 0.4) is 0 Å². The molecule has 1 atom stereocenters. The van der Waals surface area contributed by atoms with E-state index in [2.05, 4.69) is 23.8 Å². The number of benzene rings is 1. The number of nitrogens with zero attached hydrogens (tertiary/aromatic N) is 5. The summed E-state index contributed by atoms with van der Waals surface area (Å²) in [5.41, 5.74) is 6.38. The van der Waals surface area contributed by atoms with Gasteiger partial charge in [0.2, 0.25) is 5.95 Å². The molecule has 10 heteroatoms. The number of hydrogen-bond acceptors (Lipinski definition) is 6. The van der Waals surface area contributed by atoms with Crippen molar-refractivity contribution < 1.29 is 12.6 Å². The van der Waals surface area contributed by atoms with E-state index in [1.807, 2.05) is 27.8 Å². The molecule has 4 aromatic rings. The molecule has 31 heavy (non-hydrogen) atoms. The van der Waals surface area contributed by atoms with E-state index in [1.54, 1.807) is 9.25 Å². The third-order valence-electron chi connectivity index (χ3n) is 6.03. The topological polar surface area (TPSA) is 99.7 Å². The highest BCUT2D eigenvalue weighted by Gasteiger charge is 2.25. The van der Waals surface area contributed by atoms with Gasteiger partial charge in [0.05, 0.1) is 33.5 Å². The Kier molecular flexibility index (Phi) is 5.05. The minimum atomic E-state index is -3.46. The molecule has 0 aliphatic heterocycles. The standard InChI is InChI=1S/C21H25N5O3S2/c1-8-30(27)20-18-13(4)11(2)12(3)14(5)19(18)24-26(20)21-23-15-9-17(31(7,28)29)22-10-16(15)25(21)6/h9-10H,8H2,1-7H3. The molecule has 0 saturated carbocycles. The molecule has 0 fully saturated rings. The Hall–Kier alpha value is -2.59. The van der Waals surface area contributed by atoms with Crippen molar-refractivity contribution in [3.05, 3.63) is 34.5 Å². The number of hydrogen-bond donors (Lipinski definition) is 0. The molecule has 0 aliphatic rings. The molecule has 0 radical (unpaired) electrons. The lowest BCUT2D eigenvalue weighted by atomic mass is 9.96. The van der Waals surface area contributed by atoms with Crippen LogP contribution in [0.25, 0.3) is 27.9 Å². The molecular formula is C21H25N5O3S2. The molecule has 0 amide bonds. The molecule has 4 rings (SSSR count). The summed E-state index contributed by atoms with van der Waals surface area (Å²) in [5, 5.41) is 6.31. The minimum absolute atomic E-state index is 0.0365. The highest BCUT2D eigenvalue weighted by Crippen LogP contribution is 2.34. The maximum absolute atomic E-state index is 13.2. The van der Waals surface area contributed by atoms with Crippen LogP contribution in [0.5, 0.6) is 0 Å². The molecule has 3 aromatic heterocycles. The van der Waals surface area contributed by atoms with Crippen molar-refractivity contribution in [1.82, 2.24) is 24.3 Å². The van der Waals surface area contributed by atoms with Gasteiger partial charge in [-0.25, -0.2) is 18.4 Å². The van der Waals surface area contributed by atoms with E-state index in [4.69, 9.17) is 5.10 Å². The fraction of sp³-hybridized carbons (Fsp3) is 0.381. The summed E-state index contributed by atoms with van der Waals surface area (Å²) in [6.45, 7) is 10.1. The SMILES string of the molecule is CCS(=O)c1c2c(C)c(C)c(C)c(C)c2nn1-c1nc2cc(S(C)(=O)=O)ncc2n1C. The molecule has 0 spiro atoms. The van der Waals surface area contributed by atoms with Crippen molar-refractivity contribution >= 4 is 42.6 Å². The second kappa shape index (κ2) is 7.23. The van der Waals surface area contributed by atoms with Gasteiger partial charge in [-0.15, -0.1) is 0 Å². The largest absolute Gasteiger partial charge is 0.310 e. The van der Waals surface area contributed by atoms with E-state index >= 15 is 0 Å². The van der Waals surface area contributed by atoms with E-state index < -0.39 is 20.6 Å². The van der Waals surface area contributed by atoms with Gasteiger partial charge in [0.1, 0.15) is 5.03 Å². The number of fused-ring (bicyclic) bond motifs is 2. The first-order chi connectivity index (χ1) is 14.5. The zero-order chi connectivity index (χ0) is 22.8. The first-order valence-corrected chi connectivity index (χ1v) is 13.1. The second-order valence-corrected chi connectivity index (χ2v) is 11.4. The van der Waals surface area contributed by atoms with Crippen LogP contribution in [0.4, 0.5) is 0 Å². The van der Waals surface area contributed by atoms with Crippen molar-refractivity contribution in [2.24, 2.45) is 7.05 Å². The lowest BCUT2D eigenvalue weighted by Crippen LogP contribution is -2.11. The third kappa shape index (κ3) is 3.20. The predicted octanol–water partition coefficient (Wildman–Crippen LogP) is 3.07. The summed E-state index contributed by atoms with van der Waals surface area (Å²) in [5.74, 6) is 0.903. The number of aromatic nitrogens is 5. The van der Waals surface area contributed by atoms with Crippen LogP contribution >= 0.6 is 0 Å². The molecule has 0 saturated heterocycles. The molecule has 0 N–H and O–H groups in total. The van der Waals surface area contributed by atoms with Crippen LogP contribution in [-0.4, -0.2) is 49.0 Å². The Bertz CT molecular complexity index is 1510. The summed E-state index contributed by atoms with van der Waals surface area (Å²) >= 11 is 0. The van der Waals surface area contributed by atoms with Gasteiger partial charge in [-0.2, -0.15) is 9.78 Å². The van der Waals surface area contributed by atoms with Gasteiger partial charge >= 0.3 is 0 Å². The maximum Gasteiger partial charge on any atom is 0.232 e. The molecule has 164 valence electrons. The summed E-state index contributed by atoms with van der Waals surface area (Å²) in [6.07, 6.45) is 2.61. The quantitative estimate of drug-likeness (QED) is 0.465. The average molecular weight is 460 g/mol. The van der Waals surface area contributed by atoms with Crippen molar-refractivity contribution in [3.63, 3.8) is 0 Å². The van der Waals surface area contributed by atoms with E-state index in [-0.39, 0.29) is 5.03 Å². The van der Waals surface area contributed by atoms with Gasteiger partial charge in [0.25, 0.3) is 0 Å². The van der Waals surface area contributed by atoms with Crippen molar-refractivity contribution in [3.8, 4) is 5.95 Å². The van der Waals surface area contributed by atoms with Crippen molar-refractivity contribution in [1.29, 1.82) is 0 Å². The minimum Gasteiger partial charge on any atom is -0.310 e. The Labute approximate surface area is 183 Å². The molecule has 1 aromatic carbocycles. The molecule has 3 heterocycles. The smallest absolute Gasteiger partial charge is 0.232 e.